The molecule has 0 bridgehead atoms. The number of halogens is 1. The second-order valence-corrected chi connectivity index (χ2v) is 7.47. The molecule has 1 N–H and O–H groups in total. The quantitative estimate of drug-likeness (QED) is 0.698. The molecule has 0 unspecified atom stereocenters. The number of carbonyl (C=O) groups excluding carboxylic acids is 2. The summed E-state index contributed by atoms with van der Waals surface area (Å²) in [6.07, 6.45) is 7.85. The minimum Gasteiger partial charge on any atom is -0.352 e. The van der Waals surface area contributed by atoms with Gasteiger partial charge in [0.15, 0.2) is 0 Å². The van der Waals surface area contributed by atoms with E-state index in [4.69, 9.17) is 0 Å². The van der Waals surface area contributed by atoms with Crippen molar-refractivity contribution in [2.45, 2.75) is 12.8 Å². The number of nitrogens with zero attached hydrogens (tertiary/aromatic N) is 5. The highest BCUT2D eigenvalue weighted by Crippen LogP contribution is 2.19. The van der Waals surface area contributed by atoms with E-state index >= 15 is 0 Å². The molecular weight excluding hydrogens is 387 g/mol. The van der Waals surface area contributed by atoms with E-state index in [1.807, 2.05) is 0 Å². The minimum atomic E-state index is -0.395. The summed E-state index contributed by atoms with van der Waals surface area (Å²) < 4.78 is 16.9. The summed E-state index contributed by atoms with van der Waals surface area (Å²) in [5.74, 6) is -0.331. The average Bonchev–Trinajstić information content (AvgIpc) is 3.42. The van der Waals surface area contributed by atoms with Gasteiger partial charge in [-0.25, -0.2) is 9.07 Å². The molecule has 1 fully saturated rings. The molecule has 2 aromatic heterocycles. The first-order chi connectivity index (χ1) is 14.5. The smallest absolute Gasteiger partial charge is 0.257 e. The van der Waals surface area contributed by atoms with Crippen LogP contribution in [0.15, 0.2) is 49.1 Å². The van der Waals surface area contributed by atoms with E-state index in [-0.39, 0.29) is 11.8 Å². The van der Waals surface area contributed by atoms with Gasteiger partial charge in [-0.05, 0) is 30.9 Å². The van der Waals surface area contributed by atoms with Gasteiger partial charge in [0.25, 0.3) is 11.8 Å². The van der Waals surface area contributed by atoms with Crippen LogP contribution in [-0.4, -0.2) is 55.9 Å². The highest BCUT2D eigenvalue weighted by Gasteiger charge is 2.25. The summed E-state index contributed by atoms with van der Waals surface area (Å²) in [5, 5.41) is 11.1. The Morgan fingerprint density at radius 3 is 2.53 bits per heavy atom. The third kappa shape index (κ3) is 4.24. The molecule has 0 saturated carbocycles. The Morgan fingerprint density at radius 1 is 1.10 bits per heavy atom. The fraction of sp³-hybridized carbons (Fsp3) is 0.333. The van der Waals surface area contributed by atoms with Crippen molar-refractivity contribution >= 4 is 11.8 Å². The van der Waals surface area contributed by atoms with Crippen LogP contribution in [0.25, 0.3) is 5.69 Å². The van der Waals surface area contributed by atoms with Gasteiger partial charge in [-0.3, -0.25) is 14.3 Å². The van der Waals surface area contributed by atoms with Crippen molar-refractivity contribution in [1.82, 2.24) is 29.8 Å². The lowest BCUT2D eigenvalue weighted by Crippen LogP contribution is -2.41. The Hall–Kier alpha value is -3.49. The van der Waals surface area contributed by atoms with Crippen LogP contribution in [0.2, 0.25) is 0 Å². The van der Waals surface area contributed by atoms with E-state index in [1.165, 1.54) is 23.1 Å². The summed E-state index contributed by atoms with van der Waals surface area (Å²) in [7, 11) is 1.77. The van der Waals surface area contributed by atoms with Gasteiger partial charge < -0.3 is 10.2 Å². The van der Waals surface area contributed by atoms with Crippen LogP contribution in [0.5, 0.6) is 0 Å². The lowest BCUT2D eigenvalue weighted by atomic mass is 9.96. The topological polar surface area (TPSA) is 85.0 Å². The predicted molar refractivity (Wildman–Crippen MR) is 108 cm³/mol. The van der Waals surface area contributed by atoms with Crippen molar-refractivity contribution in [3.63, 3.8) is 0 Å². The van der Waals surface area contributed by atoms with Gasteiger partial charge in [-0.2, -0.15) is 10.2 Å². The summed E-state index contributed by atoms with van der Waals surface area (Å²) in [6, 6.07) is 6.30. The summed E-state index contributed by atoms with van der Waals surface area (Å²) in [4.78, 5) is 26.7. The average molecular weight is 410 g/mol. The van der Waals surface area contributed by atoms with E-state index in [0.29, 0.717) is 42.4 Å². The molecule has 1 aliphatic rings. The first-order valence-electron chi connectivity index (χ1n) is 9.87. The molecule has 3 heterocycles. The molecule has 9 heteroatoms. The standard InChI is InChI=1S/C21H23FN6O2/c1-26-13-16(11-24-26)20(29)23-10-15-6-8-27(9-7-15)21(30)17-12-25-28(14-17)19-5-3-2-4-18(19)22/h2-5,11-15H,6-10H2,1H3,(H,23,29). The Bertz CT molecular complexity index is 1050. The zero-order chi connectivity index (χ0) is 21.1. The number of likely N-dealkylation sites (tertiary alicyclic amines) is 1. The van der Waals surface area contributed by atoms with E-state index in [9.17, 15) is 14.0 Å². The second-order valence-electron chi connectivity index (χ2n) is 7.47. The Kier molecular flexibility index (Phi) is 5.60. The number of nitrogens with one attached hydrogen (secondary N) is 1. The number of carbonyl (C=O) groups is 2. The SMILES string of the molecule is Cn1cc(C(=O)NCC2CCN(C(=O)c3cnn(-c4ccccc4F)c3)CC2)cn1. The number of benzene rings is 1. The first-order valence-corrected chi connectivity index (χ1v) is 9.87. The Labute approximate surface area is 173 Å². The molecule has 1 saturated heterocycles. The Morgan fingerprint density at radius 2 is 1.83 bits per heavy atom. The summed E-state index contributed by atoms with van der Waals surface area (Å²) >= 11 is 0. The largest absolute Gasteiger partial charge is 0.352 e. The second kappa shape index (κ2) is 8.48. The fourth-order valence-electron chi connectivity index (χ4n) is 3.60. The first kappa shape index (κ1) is 19.8. The highest BCUT2D eigenvalue weighted by molar-refractivity contribution is 5.94. The van der Waals surface area contributed by atoms with Crippen LogP contribution in [0, 0.1) is 11.7 Å². The summed E-state index contributed by atoms with van der Waals surface area (Å²) in [5.41, 5.74) is 1.28. The summed E-state index contributed by atoms with van der Waals surface area (Å²) in [6.45, 7) is 1.79. The third-order valence-corrected chi connectivity index (χ3v) is 5.35. The van der Waals surface area contributed by atoms with E-state index in [1.54, 1.807) is 47.2 Å². The van der Waals surface area contributed by atoms with Crippen molar-refractivity contribution in [3.05, 3.63) is 66.0 Å². The lowest BCUT2D eigenvalue weighted by molar-refractivity contribution is 0.0684. The Balaban J connectivity index is 1.29. The number of aryl methyl sites for hydroxylation is 1. The number of rotatable bonds is 5. The number of hydrogen-bond donors (Lipinski definition) is 1. The molecule has 3 aromatic rings. The van der Waals surface area contributed by atoms with Crippen LogP contribution in [0.1, 0.15) is 33.6 Å². The van der Waals surface area contributed by atoms with Gasteiger partial charge in [-0.1, -0.05) is 12.1 Å². The molecule has 1 aromatic carbocycles. The normalized spacial score (nSPS) is 14.7. The molecule has 30 heavy (non-hydrogen) atoms. The van der Waals surface area contributed by atoms with Crippen LogP contribution in [0.4, 0.5) is 4.39 Å². The molecule has 8 nitrogen and oxygen atoms in total. The molecule has 4 rings (SSSR count). The van der Waals surface area contributed by atoms with Crippen molar-refractivity contribution in [2.24, 2.45) is 13.0 Å². The fourth-order valence-corrected chi connectivity index (χ4v) is 3.60. The van der Waals surface area contributed by atoms with E-state index in [0.717, 1.165) is 12.8 Å². The van der Waals surface area contributed by atoms with Crippen LogP contribution in [0.3, 0.4) is 0 Å². The van der Waals surface area contributed by atoms with Gasteiger partial charge in [-0.15, -0.1) is 0 Å². The zero-order valence-electron chi connectivity index (χ0n) is 16.7. The number of piperidine rings is 1. The lowest BCUT2D eigenvalue weighted by Gasteiger charge is -2.31. The number of amides is 2. The van der Waals surface area contributed by atoms with Gasteiger partial charge in [0.1, 0.15) is 11.5 Å². The predicted octanol–water partition coefficient (Wildman–Crippen LogP) is 2.03. The maximum atomic E-state index is 13.9. The van der Waals surface area contributed by atoms with Gasteiger partial charge in [0, 0.05) is 39.1 Å². The van der Waals surface area contributed by atoms with Gasteiger partial charge in [0.05, 0.1) is 23.5 Å². The number of aromatic nitrogens is 4. The number of hydrogen-bond acceptors (Lipinski definition) is 4. The van der Waals surface area contributed by atoms with Crippen LogP contribution >= 0.6 is 0 Å². The molecule has 156 valence electrons. The third-order valence-electron chi connectivity index (χ3n) is 5.35. The monoisotopic (exact) mass is 410 g/mol. The number of para-hydroxylation sites is 1. The van der Waals surface area contributed by atoms with Crippen molar-refractivity contribution in [1.29, 1.82) is 0 Å². The van der Waals surface area contributed by atoms with E-state index in [2.05, 4.69) is 15.5 Å². The molecule has 0 spiro atoms. The molecule has 2 amide bonds. The molecule has 0 aliphatic carbocycles. The van der Waals surface area contributed by atoms with Gasteiger partial charge in [0.2, 0.25) is 0 Å². The molecule has 1 aliphatic heterocycles. The maximum absolute atomic E-state index is 13.9. The zero-order valence-corrected chi connectivity index (χ0v) is 16.7. The molecule has 0 radical (unpaired) electrons. The van der Waals surface area contributed by atoms with Crippen molar-refractivity contribution < 1.29 is 14.0 Å². The van der Waals surface area contributed by atoms with Crippen LogP contribution < -0.4 is 5.32 Å². The van der Waals surface area contributed by atoms with Crippen molar-refractivity contribution in [2.75, 3.05) is 19.6 Å². The maximum Gasteiger partial charge on any atom is 0.257 e. The van der Waals surface area contributed by atoms with Gasteiger partial charge >= 0.3 is 0 Å². The molecule has 0 atom stereocenters. The van der Waals surface area contributed by atoms with Crippen molar-refractivity contribution in [3.8, 4) is 5.69 Å². The highest BCUT2D eigenvalue weighted by atomic mass is 19.1. The minimum absolute atomic E-state index is 0.115. The molecular formula is C21H23FN6O2. The van der Waals surface area contributed by atoms with Crippen LogP contribution in [-0.2, 0) is 7.05 Å². The van der Waals surface area contributed by atoms with E-state index < -0.39 is 5.82 Å².